The number of hydrogen-bond donors (Lipinski definition) is 3. The van der Waals surface area contributed by atoms with Gasteiger partial charge >= 0.3 is 0 Å². The van der Waals surface area contributed by atoms with E-state index in [9.17, 15) is 14.4 Å². The number of rotatable bonds is 9. The van der Waals surface area contributed by atoms with Crippen molar-refractivity contribution >= 4 is 17.6 Å². The van der Waals surface area contributed by atoms with Crippen LogP contribution in [0.4, 0.5) is 5.82 Å². The zero-order chi connectivity index (χ0) is 26.6. The fourth-order valence-electron chi connectivity index (χ4n) is 4.93. The van der Waals surface area contributed by atoms with E-state index in [1.54, 1.807) is 29.1 Å². The van der Waals surface area contributed by atoms with E-state index in [4.69, 9.17) is 0 Å². The fourth-order valence-corrected chi connectivity index (χ4v) is 4.93. The molecule has 198 valence electrons. The van der Waals surface area contributed by atoms with Crippen molar-refractivity contribution in [1.29, 1.82) is 0 Å². The van der Waals surface area contributed by atoms with E-state index < -0.39 is 0 Å². The van der Waals surface area contributed by atoms with Crippen LogP contribution in [0.25, 0.3) is 5.69 Å². The molecule has 1 saturated heterocycles. The summed E-state index contributed by atoms with van der Waals surface area (Å²) < 4.78 is 1.54. The molecule has 2 amide bonds. The minimum Gasteiger partial charge on any atom is -0.358 e. The number of anilines is 1. The van der Waals surface area contributed by atoms with E-state index in [1.165, 1.54) is 0 Å². The van der Waals surface area contributed by atoms with Crippen LogP contribution in [-0.4, -0.2) is 58.5 Å². The summed E-state index contributed by atoms with van der Waals surface area (Å²) in [6.07, 6.45) is 5.25. The van der Waals surface area contributed by atoms with Gasteiger partial charge in [0.25, 0.3) is 11.5 Å². The maximum atomic E-state index is 13.7. The van der Waals surface area contributed by atoms with Crippen LogP contribution < -0.4 is 21.5 Å². The molecule has 0 bridgehead atoms. The van der Waals surface area contributed by atoms with E-state index in [1.807, 2.05) is 43.3 Å². The van der Waals surface area contributed by atoms with Crippen molar-refractivity contribution < 1.29 is 9.59 Å². The van der Waals surface area contributed by atoms with Crippen molar-refractivity contribution in [2.24, 2.45) is 5.92 Å². The molecule has 9 heteroatoms. The number of nitrogens with zero attached hydrogens (tertiary/aromatic N) is 3. The molecule has 1 aliphatic heterocycles. The van der Waals surface area contributed by atoms with Crippen LogP contribution in [0.2, 0.25) is 0 Å². The second kappa shape index (κ2) is 11.2. The first-order valence-corrected chi connectivity index (χ1v) is 13.2. The topological polar surface area (TPSA) is 108 Å². The molecule has 2 aromatic carbocycles. The molecular weight excluding hydrogens is 480 g/mol. The van der Waals surface area contributed by atoms with Crippen molar-refractivity contribution in [3.8, 4) is 5.69 Å². The predicted molar refractivity (Wildman–Crippen MR) is 146 cm³/mol. The lowest BCUT2D eigenvalue weighted by Gasteiger charge is -2.33. The van der Waals surface area contributed by atoms with Crippen molar-refractivity contribution in [1.82, 2.24) is 25.1 Å². The number of nitrogens with one attached hydrogen (secondary N) is 3. The summed E-state index contributed by atoms with van der Waals surface area (Å²) in [7, 11) is 0. The van der Waals surface area contributed by atoms with Gasteiger partial charge in [0.15, 0.2) is 5.82 Å². The average molecular weight is 515 g/mol. The first-order chi connectivity index (χ1) is 18.4. The predicted octanol–water partition coefficient (Wildman–Crippen LogP) is 2.65. The van der Waals surface area contributed by atoms with Crippen LogP contribution in [0.15, 0.2) is 65.7 Å². The molecule has 2 fully saturated rings. The lowest BCUT2D eigenvalue weighted by molar-refractivity contribution is -0.124. The normalized spacial score (nSPS) is 17.4. The fraction of sp³-hybridized carbons (Fsp3) is 0.379. The lowest BCUT2D eigenvalue weighted by atomic mass is 9.93. The monoisotopic (exact) mass is 514 g/mol. The molecule has 2 aliphatic rings. The van der Waals surface area contributed by atoms with Gasteiger partial charge in [0.1, 0.15) is 0 Å². The number of carbonyl (C=O) groups is 2. The van der Waals surface area contributed by atoms with Crippen LogP contribution >= 0.6 is 0 Å². The van der Waals surface area contributed by atoms with Gasteiger partial charge in [-0.15, -0.1) is 0 Å². The number of aromatic nitrogens is 2. The molecule has 1 saturated carbocycles. The summed E-state index contributed by atoms with van der Waals surface area (Å²) in [5.74, 6) is 0.216. The minimum atomic E-state index is -0.291. The molecule has 9 nitrogen and oxygen atoms in total. The highest BCUT2D eigenvalue weighted by Gasteiger charge is 2.26. The molecule has 2 heterocycles. The number of hydrogen-bond acceptors (Lipinski definition) is 6. The molecule has 1 aromatic heterocycles. The number of amides is 2. The van der Waals surface area contributed by atoms with Gasteiger partial charge in [0.05, 0.1) is 18.3 Å². The second-order valence-electron chi connectivity index (χ2n) is 10.3. The third kappa shape index (κ3) is 5.94. The van der Waals surface area contributed by atoms with Crippen LogP contribution in [0.1, 0.15) is 47.3 Å². The highest BCUT2D eigenvalue weighted by Crippen LogP contribution is 2.27. The Kier molecular flexibility index (Phi) is 7.55. The summed E-state index contributed by atoms with van der Waals surface area (Å²) in [4.78, 5) is 44.8. The highest BCUT2D eigenvalue weighted by molar-refractivity contribution is 5.95. The van der Waals surface area contributed by atoms with Crippen LogP contribution in [0, 0.1) is 12.8 Å². The highest BCUT2D eigenvalue weighted by atomic mass is 16.2. The quantitative estimate of drug-likeness (QED) is 0.405. The second-order valence-corrected chi connectivity index (χ2v) is 10.3. The molecule has 3 aromatic rings. The summed E-state index contributed by atoms with van der Waals surface area (Å²) in [6.45, 7) is 6.52. The summed E-state index contributed by atoms with van der Waals surface area (Å²) in [5.41, 5.74) is 2.79. The van der Waals surface area contributed by atoms with Crippen molar-refractivity contribution in [3.63, 3.8) is 0 Å². The van der Waals surface area contributed by atoms with Gasteiger partial charge in [-0.2, -0.15) is 0 Å². The number of carbonyl (C=O) groups excluding carboxylic acids is 2. The smallest absolute Gasteiger partial charge is 0.297 e. The lowest BCUT2D eigenvalue weighted by Crippen LogP contribution is -2.49. The molecule has 0 spiro atoms. The molecule has 0 unspecified atom stereocenters. The minimum absolute atomic E-state index is 0.0312. The molecule has 3 N–H and O–H groups in total. The van der Waals surface area contributed by atoms with Crippen molar-refractivity contribution in [3.05, 3.63) is 88.0 Å². The third-order valence-electron chi connectivity index (χ3n) is 7.17. The van der Waals surface area contributed by atoms with Gasteiger partial charge < -0.3 is 16.0 Å². The molecule has 0 radical (unpaired) electrons. The van der Waals surface area contributed by atoms with E-state index in [2.05, 4.69) is 32.8 Å². The van der Waals surface area contributed by atoms with Crippen molar-refractivity contribution in [2.75, 3.05) is 31.5 Å². The van der Waals surface area contributed by atoms with E-state index in [0.29, 0.717) is 30.9 Å². The summed E-state index contributed by atoms with van der Waals surface area (Å²) in [6, 6.07) is 15.4. The van der Waals surface area contributed by atoms with E-state index in [0.717, 1.165) is 30.5 Å². The standard InChI is InChI=1S/C29H34N6O3/c1-19-8-9-22(28(37)32-23-10-11-23)16-24(19)35-15-13-31-27(29(35)38)33-26(21-6-4-3-5-7-21)20(2)17-34-14-12-30-25(36)18-34/h3-9,13,15-16,20,23,26H,10-12,14,17-18H2,1-2H3,(H,30,36)(H,31,33)(H,32,37)/t20-,26-/m1/s1. The third-order valence-corrected chi connectivity index (χ3v) is 7.17. The molecule has 2 atom stereocenters. The van der Waals surface area contributed by atoms with E-state index in [-0.39, 0.29) is 41.2 Å². The SMILES string of the molecule is Cc1ccc(C(=O)NC2CC2)cc1-n1ccnc(N[C@@H](c2ccccc2)[C@H](C)CN2CCNC(=O)C2)c1=O. The van der Waals surface area contributed by atoms with Gasteiger partial charge in [0.2, 0.25) is 5.91 Å². The Hall–Kier alpha value is -3.98. The van der Waals surface area contributed by atoms with E-state index >= 15 is 0 Å². The Balaban J connectivity index is 1.43. The average Bonchev–Trinajstić information content (AvgIpc) is 3.73. The Bertz CT molecular complexity index is 1370. The van der Waals surface area contributed by atoms with Gasteiger partial charge in [0, 0.05) is 43.6 Å². The Morgan fingerprint density at radius 2 is 1.95 bits per heavy atom. The Morgan fingerprint density at radius 3 is 2.68 bits per heavy atom. The maximum absolute atomic E-state index is 13.7. The van der Waals surface area contributed by atoms with Gasteiger partial charge in [-0.1, -0.05) is 43.3 Å². The van der Waals surface area contributed by atoms with Crippen LogP contribution in [-0.2, 0) is 4.79 Å². The van der Waals surface area contributed by atoms with Gasteiger partial charge in [-0.25, -0.2) is 4.98 Å². The van der Waals surface area contributed by atoms with Crippen molar-refractivity contribution in [2.45, 2.75) is 38.8 Å². The zero-order valence-corrected chi connectivity index (χ0v) is 21.8. The largest absolute Gasteiger partial charge is 0.358 e. The van der Waals surface area contributed by atoms with Gasteiger partial charge in [-0.3, -0.25) is 23.9 Å². The first kappa shape index (κ1) is 25.7. The Morgan fingerprint density at radius 1 is 1.16 bits per heavy atom. The van der Waals surface area contributed by atoms with Crippen LogP contribution in [0.3, 0.4) is 0 Å². The Labute approximate surface area is 222 Å². The summed E-state index contributed by atoms with van der Waals surface area (Å²) >= 11 is 0. The molecule has 38 heavy (non-hydrogen) atoms. The van der Waals surface area contributed by atoms with Gasteiger partial charge in [-0.05, 0) is 48.9 Å². The molecule has 5 rings (SSSR count). The molecular formula is C29H34N6O3. The zero-order valence-electron chi connectivity index (χ0n) is 21.8. The summed E-state index contributed by atoms with van der Waals surface area (Å²) in [5, 5.41) is 9.29. The van der Waals surface area contributed by atoms with Crippen LogP contribution in [0.5, 0.6) is 0 Å². The maximum Gasteiger partial charge on any atom is 0.297 e. The first-order valence-electron chi connectivity index (χ1n) is 13.2. The number of benzene rings is 2. The molecule has 1 aliphatic carbocycles. The number of aryl methyl sites for hydroxylation is 1. The number of piperazine rings is 1.